The summed E-state index contributed by atoms with van der Waals surface area (Å²) >= 11 is 0. The number of carboxylic acids is 1. The zero-order valence-corrected chi connectivity index (χ0v) is 12.3. The average molecular weight is 295 g/mol. The summed E-state index contributed by atoms with van der Waals surface area (Å²) in [6.45, 7) is 3.15. The minimum Gasteiger partial charge on any atom is -0.481 e. The van der Waals surface area contributed by atoms with Gasteiger partial charge in [0.25, 0.3) is 5.91 Å². The molecule has 5 heteroatoms. The third-order valence-corrected chi connectivity index (χ3v) is 3.33. The molecule has 0 heterocycles. The van der Waals surface area contributed by atoms with Gasteiger partial charge in [-0.15, -0.1) is 0 Å². The molecule has 1 amide bonds. The number of carbonyl (C=O) groups excluding carboxylic acids is 1. The van der Waals surface area contributed by atoms with Crippen molar-refractivity contribution in [1.29, 1.82) is 0 Å². The molecule has 0 aromatic heterocycles. The van der Waals surface area contributed by atoms with Gasteiger partial charge in [0.15, 0.2) is 0 Å². The van der Waals surface area contributed by atoms with Crippen molar-refractivity contribution in [3.63, 3.8) is 0 Å². The van der Waals surface area contributed by atoms with E-state index >= 15 is 0 Å². The molecule has 1 aromatic rings. The summed E-state index contributed by atoms with van der Waals surface area (Å²) < 4.78 is 12.8. The van der Waals surface area contributed by atoms with E-state index in [-0.39, 0.29) is 18.1 Å². The highest BCUT2D eigenvalue weighted by Crippen LogP contribution is 2.09. The zero-order chi connectivity index (χ0) is 15.7. The van der Waals surface area contributed by atoms with Crippen LogP contribution in [-0.2, 0) is 4.79 Å². The van der Waals surface area contributed by atoms with Gasteiger partial charge in [-0.2, -0.15) is 0 Å². The quantitative estimate of drug-likeness (QED) is 0.711. The summed E-state index contributed by atoms with van der Waals surface area (Å²) in [6.07, 6.45) is 3.48. The molecule has 0 aliphatic heterocycles. The van der Waals surface area contributed by atoms with E-state index in [0.29, 0.717) is 25.1 Å². The Bertz CT molecular complexity index is 459. The Labute approximate surface area is 124 Å². The Morgan fingerprint density at radius 1 is 1.10 bits per heavy atom. The fraction of sp³-hybridized carbons (Fsp3) is 0.500. The fourth-order valence-corrected chi connectivity index (χ4v) is 2.11. The molecule has 0 spiro atoms. The number of amides is 1. The molecule has 0 radical (unpaired) electrons. The maximum Gasteiger partial charge on any atom is 0.303 e. The molecule has 0 saturated heterocycles. The van der Waals surface area contributed by atoms with Crippen LogP contribution in [0.2, 0.25) is 0 Å². The number of halogens is 1. The van der Waals surface area contributed by atoms with E-state index in [9.17, 15) is 14.0 Å². The normalized spacial score (nSPS) is 10.4. The maximum absolute atomic E-state index is 12.8. The molecule has 0 bridgehead atoms. The van der Waals surface area contributed by atoms with Gasteiger partial charge in [0.05, 0.1) is 0 Å². The fourth-order valence-electron chi connectivity index (χ4n) is 2.11. The van der Waals surface area contributed by atoms with Gasteiger partial charge < -0.3 is 10.0 Å². The molecule has 0 unspecified atom stereocenters. The lowest BCUT2D eigenvalue weighted by Gasteiger charge is -2.21. The number of aliphatic carboxylic acids is 1. The highest BCUT2D eigenvalue weighted by molar-refractivity contribution is 5.94. The molecular weight excluding hydrogens is 273 g/mol. The van der Waals surface area contributed by atoms with Gasteiger partial charge in [-0.1, -0.05) is 12.8 Å². The van der Waals surface area contributed by atoms with Gasteiger partial charge in [-0.25, -0.2) is 4.39 Å². The predicted molar refractivity (Wildman–Crippen MR) is 78.7 cm³/mol. The number of hydrogen-bond donors (Lipinski definition) is 1. The van der Waals surface area contributed by atoms with E-state index in [4.69, 9.17) is 5.11 Å². The summed E-state index contributed by atoms with van der Waals surface area (Å²) in [6, 6.07) is 5.56. The number of unbranched alkanes of at least 4 members (excludes halogenated alkanes) is 3. The van der Waals surface area contributed by atoms with Crippen LogP contribution in [0.5, 0.6) is 0 Å². The van der Waals surface area contributed by atoms with Gasteiger partial charge in [-0.3, -0.25) is 9.59 Å². The molecule has 0 fully saturated rings. The van der Waals surface area contributed by atoms with Crippen LogP contribution in [0.15, 0.2) is 24.3 Å². The Morgan fingerprint density at radius 3 is 2.29 bits per heavy atom. The summed E-state index contributed by atoms with van der Waals surface area (Å²) in [5.74, 6) is -1.22. The predicted octanol–water partition coefficient (Wildman–Crippen LogP) is 3.32. The van der Waals surface area contributed by atoms with Crippen LogP contribution < -0.4 is 0 Å². The molecular formula is C16H22FNO3. The molecule has 0 atom stereocenters. The van der Waals surface area contributed by atoms with Gasteiger partial charge in [0.2, 0.25) is 0 Å². The maximum atomic E-state index is 12.8. The van der Waals surface area contributed by atoms with Crippen molar-refractivity contribution < 1.29 is 19.1 Å². The Balaban J connectivity index is 2.35. The number of benzene rings is 1. The molecule has 1 N–H and O–H groups in total. The van der Waals surface area contributed by atoms with Gasteiger partial charge in [-0.05, 0) is 44.0 Å². The van der Waals surface area contributed by atoms with Crippen LogP contribution in [-0.4, -0.2) is 35.0 Å². The Kier molecular flexibility index (Phi) is 7.43. The van der Waals surface area contributed by atoms with Crippen LogP contribution in [0, 0.1) is 5.82 Å². The van der Waals surface area contributed by atoms with Crippen molar-refractivity contribution >= 4 is 11.9 Å². The first-order valence-corrected chi connectivity index (χ1v) is 7.31. The summed E-state index contributed by atoms with van der Waals surface area (Å²) in [4.78, 5) is 24.3. The van der Waals surface area contributed by atoms with Crippen molar-refractivity contribution in [2.75, 3.05) is 13.1 Å². The number of carboxylic acid groups (broad SMARTS) is 1. The van der Waals surface area contributed by atoms with E-state index in [1.54, 1.807) is 4.90 Å². The number of carbonyl (C=O) groups is 2. The van der Waals surface area contributed by atoms with E-state index in [1.807, 2.05) is 6.92 Å². The minimum atomic E-state index is -0.767. The summed E-state index contributed by atoms with van der Waals surface area (Å²) in [5.41, 5.74) is 0.490. The Hall–Kier alpha value is -1.91. The van der Waals surface area contributed by atoms with Crippen LogP contribution in [0.4, 0.5) is 4.39 Å². The second-order valence-electron chi connectivity index (χ2n) is 4.95. The number of hydrogen-bond acceptors (Lipinski definition) is 2. The van der Waals surface area contributed by atoms with Crippen LogP contribution in [0.25, 0.3) is 0 Å². The van der Waals surface area contributed by atoms with Gasteiger partial charge in [0, 0.05) is 25.1 Å². The number of nitrogens with zero attached hydrogens (tertiary/aromatic N) is 1. The molecule has 0 saturated carbocycles. The smallest absolute Gasteiger partial charge is 0.303 e. The average Bonchev–Trinajstić information content (AvgIpc) is 2.46. The molecule has 116 valence electrons. The molecule has 4 nitrogen and oxygen atoms in total. The summed E-state index contributed by atoms with van der Waals surface area (Å²) in [5, 5.41) is 8.54. The van der Waals surface area contributed by atoms with E-state index in [0.717, 1.165) is 19.3 Å². The van der Waals surface area contributed by atoms with Crippen LogP contribution in [0.1, 0.15) is 49.4 Å². The standard InChI is InChI=1S/C16H22FNO3/c1-2-18(12-6-4-3-5-7-15(19)20)16(21)13-8-10-14(17)11-9-13/h8-11H,2-7,12H2,1H3,(H,19,20). The van der Waals surface area contributed by atoms with Gasteiger partial charge >= 0.3 is 5.97 Å². The van der Waals surface area contributed by atoms with Crippen LogP contribution in [0.3, 0.4) is 0 Å². The zero-order valence-electron chi connectivity index (χ0n) is 12.3. The lowest BCUT2D eigenvalue weighted by molar-refractivity contribution is -0.137. The van der Waals surface area contributed by atoms with Crippen molar-refractivity contribution in [2.24, 2.45) is 0 Å². The third-order valence-electron chi connectivity index (χ3n) is 3.33. The first-order valence-electron chi connectivity index (χ1n) is 7.31. The minimum absolute atomic E-state index is 0.0944. The first-order chi connectivity index (χ1) is 10.0. The van der Waals surface area contributed by atoms with E-state index in [1.165, 1.54) is 24.3 Å². The molecule has 21 heavy (non-hydrogen) atoms. The second kappa shape index (κ2) is 9.10. The molecule has 1 aromatic carbocycles. The lowest BCUT2D eigenvalue weighted by Crippen LogP contribution is -2.31. The topological polar surface area (TPSA) is 57.6 Å². The third kappa shape index (κ3) is 6.38. The number of rotatable bonds is 9. The van der Waals surface area contributed by atoms with E-state index in [2.05, 4.69) is 0 Å². The highest BCUT2D eigenvalue weighted by Gasteiger charge is 2.13. The SMILES string of the molecule is CCN(CCCCCCC(=O)O)C(=O)c1ccc(F)cc1. The monoisotopic (exact) mass is 295 g/mol. The van der Waals surface area contributed by atoms with E-state index < -0.39 is 5.97 Å². The molecule has 1 rings (SSSR count). The first kappa shape index (κ1) is 17.1. The second-order valence-corrected chi connectivity index (χ2v) is 4.95. The van der Waals surface area contributed by atoms with Crippen molar-refractivity contribution in [3.05, 3.63) is 35.6 Å². The lowest BCUT2D eigenvalue weighted by atomic mass is 10.1. The van der Waals surface area contributed by atoms with Crippen LogP contribution >= 0.6 is 0 Å². The van der Waals surface area contributed by atoms with Crippen molar-refractivity contribution in [1.82, 2.24) is 4.90 Å². The van der Waals surface area contributed by atoms with Gasteiger partial charge in [0.1, 0.15) is 5.82 Å². The van der Waals surface area contributed by atoms with Crippen molar-refractivity contribution in [3.8, 4) is 0 Å². The molecule has 0 aliphatic carbocycles. The molecule has 0 aliphatic rings. The Morgan fingerprint density at radius 2 is 1.71 bits per heavy atom. The highest BCUT2D eigenvalue weighted by atomic mass is 19.1. The van der Waals surface area contributed by atoms with Crippen molar-refractivity contribution in [2.45, 2.75) is 39.0 Å². The summed E-state index contributed by atoms with van der Waals surface area (Å²) in [7, 11) is 0. The largest absolute Gasteiger partial charge is 0.481 e.